The molecule has 0 aliphatic heterocycles. The summed E-state index contributed by atoms with van der Waals surface area (Å²) in [6.45, 7) is 8.09. The summed E-state index contributed by atoms with van der Waals surface area (Å²) in [5.74, 6) is -0.351. The molecule has 1 aliphatic carbocycles. The number of hydrogen-bond acceptors (Lipinski definition) is 4. The van der Waals surface area contributed by atoms with Crippen molar-refractivity contribution >= 4 is 39.3 Å². The predicted octanol–water partition coefficient (Wildman–Crippen LogP) is 5.55. The second-order valence-corrected chi connectivity index (χ2v) is 8.38. The highest BCUT2D eigenvalue weighted by Gasteiger charge is 2.26. The number of carbonyl (C=O) groups is 2. The van der Waals surface area contributed by atoms with Crippen LogP contribution in [-0.2, 0) is 22.6 Å². The zero-order valence-electron chi connectivity index (χ0n) is 18.7. The Balaban J connectivity index is 1.74. The molecular formula is C27H24N2O3. The molecule has 32 heavy (non-hydrogen) atoms. The average Bonchev–Trinajstić information content (AvgIpc) is 3.08. The van der Waals surface area contributed by atoms with Crippen LogP contribution >= 0.6 is 0 Å². The molecule has 0 fully saturated rings. The second kappa shape index (κ2) is 7.45. The lowest BCUT2D eigenvalue weighted by Crippen LogP contribution is -2.16. The van der Waals surface area contributed by atoms with Crippen molar-refractivity contribution < 1.29 is 14.4 Å². The fourth-order valence-corrected chi connectivity index (χ4v) is 4.84. The summed E-state index contributed by atoms with van der Waals surface area (Å²) < 4.78 is 2.28. The number of oxime groups is 1. The molecule has 0 unspecified atom stereocenters. The van der Waals surface area contributed by atoms with Crippen LogP contribution in [-0.4, -0.2) is 22.0 Å². The molecule has 1 heterocycles. The van der Waals surface area contributed by atoms with Crippen molar-refractivity contribution in [2.45, 2.75) is 40.7 Å². The van der Waals surface area contributed by atoms with E-state index in [1.807, 2.05) is 32.0 Å². The minimum atomic E-state index is -0.450. The standard InChI is InChI=1S/C27H24N2O3/c1-5-29-24-10-9-18(16(3)28-32-17(4)30)12-22(24)23-14-21-20(13-25(23)29)11-19-8-6-7-15(2)26(19)27(21)31/h6-10,12-14H,5,11H2,1-4H3/b28-16+. The van der Waals surface area contributed by atoms with Crippen molar-refractivity contribution in [3.63, 3.8) is 0 Å². The van der Waals surface area contributed by atoms with Crippen molar-refractivity contribution in [3.8, 4) is 0 Å². The van der Waals surface area contributed by atoms with E-state index >= 15 is 0 Å². The van der Waals surface area contributed by atoms with Gasteiger partial charge >= 0.3 is 5.97 Å². The minimum absolute atomic E-state index is 0.0994. The largest absolute Gasteiger partial charge is 0.341 e. The molecule has 5 rings (SSSR count). The van der Waals surface area contributed by atoms with Crippen LogP contribution < -0.4 is 0 Å². The third-order valence-corrected chi connectivity index (χ3v) is 6.35. The van der Waals surface area contributed by atoms with Crippen LogP contribution in [0.4, 0.5) is 0 Å². The molecule has 0 N–H and O–H groups in total. The molecule has 160 valence electrons. The van der Waals surface area contributed by atoms with Gasteiger partial charge in [0, 0.05) is 46.4 Å². The third-order valence-electron chi connectivity index (χ3n) is 6.35. The number of aromatic nitrogens is 1. The molecule has 0 spiro atoms. The van der Waals surface area contributed by atoms with Gasteiger partial charge in [-0.2, -0.15) is 0 Å². The fourth-order valence-electron chi connectivity index (χ4n) is 4.84. The molecule has 0 amide bonds. The predicted molar refractivity (Wildman–Crippen MR) is 127 cm³/mol. The summed E-state index contributed by atoms with van der Waals surface area (Å²) >= 11 is 0. The summed E-state index contributed by atoms with van der Waals surface area (Å²) in [6, 6.07) is 16.4. The molecule has 5 heteroatoms. The SMILES string of the molecule is CCn1c2ccc(/C(C)=N/OC(C)=O)cc2c2cc3c(cc21)Cc1cccc(C)c1C3=O. The Morgan fingerprint density at radius 3 is 2.56 bits per heavy atom. The Kier molecular flexibility index (Phi) is 4.70. The number of rotatable bonds is 3. The van der Waals surface area contributed by atoms with Crippen molar-refractivity contribution in [1.29, 1.82) is 0 Å². The number of fused-ring (bicyclic) bond motifs is 5. The maximum atomic E-state index is 13.4. The van der Waals surface area contributed by atoms with E-state index in [4.69, 9.17) is 4.84 Å². The molecule has 5 nitrogen and oxygen atoms in total. The third kappa shape index (κ3) is 3.04. The number of ketones is 1. The maximum absolute atomic E-state index is 13.4. The van der Waals surface area contributed by atoms with E-state index in [1.54, 1.807) is 0 Å². The Labute approximate surface area is 186 Å². The van der Waals surface area contributed by atoms with E-state index in [2.05, 4.69) is 47.0 Å². The molecule has 0 saturated carbocycles. The highest BCUT2D eigenvalue weighted by molar-refractivity contribution is 6.18. The number of aryl methyl sites for hydroxylation is 2. The first-order valence-corrected chi connectivity index (χ1v) is 10.8. The summed E-state index contributed by atoms with van der Waals surface area (Å²) in [5.41, 5.74) is 8.54. The van der Waals surface area contributed by atoms with E-state index < -0.39 is 5.97 Å². The average molecular weight is 425 g/mol. The quantitative estimate of drug-likeness (QED) is 0.217. The van der Waals surface area contributed by atoms with Crippen molar-refractivity contribution in [2.75, 3.05) is 0 Å². The van der Waals surface area contributed by atoms with E-state index in [0.29, 0.717) is 5.71 Å². The van der Waals surface area contributed by atoms with Crippen LogP contribution in [0.2, 0.25) is 0 Å². The zero-order valence-corrected chi connectivity index (χ0v) is 18.7. The number of hydrogen-bond donors (Lipinski definition) is 0. The lowest BCUT2D eigenvalue weighted by molar-refractivity contribution is -0.140. The van der Waals surface area contributed by atoms with E-state index in [9.17, 15) is 9.59 Å². The van der Waals surface area contributed by atoms with Gasteiger partial charge < -0.3 is 9.40 Å². The Bertz CT molecular complexity index is 1470. The first-order valence-electron chi connectivity index (χ1n) is 10.8. The summed E-state index contributed by atoms with van der Waals surface area (Å²) in [7, 11) is 0. The van der Waals surface area contributed by atoms with Gasteiger partial charge in [0.25, 0.3) is 0 Å². The normalized spacial score (nSPS) is 13.4. The highest BCUT2D eigenvalue weighted by atomic mass is 16.7. The lowest BCUT2D eigenvalue weighted by atomic mass is 9.82. The second-order valence-electron chi connectivity index (χ2n) is 8.38. The summed E-state index contributed by atoms with van der Waals surface area (Å²) in [5, 5.41) is 6.04. The fraction of sp³-hybridized carbons (Fsp3) is 0.222. The molecule has 4 aromatic rings. The molecule has 1 aliphatic rings. The number of benzene rings is 3. The Morgan fingerprint density at radius 2 is 1.81 bits per heavy atom. The van der Waals surface area contributed by atoms with Crippen molar-refractivity contribution in [3.05, 3.63) is 81.9 Å². The van der Waals surface area contributed by atoms with Crippen LogP contribution in [0.15, 0.2) is 53.7 Å². The zero-order chi connectivity index (χ0) is 22.6. The van der Waals surface area contributed by atoms with Crippen LogP contribution in [0.5, 0.6) is 0 Å². The van der Waals surface area contributed by atoms with Gasteiger partial charge in [0.05, 0.1) is 5.71 Å². The lowest BCUT2D eigenvalue weighted by Gasteiger charge is -2.20. The van der Waals surface area contributed by atoms with Crippen LogP contribution in [0.3, 0.4) is 0 Å². The molecule has 0 radical (unpaired) electrons. The molecule has 1 aromatic heterocycles. The van der Waals surface area contributed by atoms with Gasteiger partial charge in [0.2, 0.25) is 0 Å². The Morgan fingerprint density at radius 1 is 1.03 bits per heavy atom. The van der Waals surface area contributed by atoms with Crippen LogP contribution in [0, 0.1) is 6.92 Å². The van der Waals surface area contributed by atoms with E-state index in [-0.39, 0.29) is 5.78 Å². The number of carbonyl (C=O) groups excluding carboxylic acids is 2. The van der Waals surface area contributed by atoms with Gasteiger partial charge in [0.1, 0.15) is 0 Å². The first kappa shape index (κ1) is 20.2. The van der Waals surface area contributed by atoms with Gasteiger partial charge in [-0.25, -0.2) is 4.79 Å². The van der Waals surface area contributed by atoms with Crippen LogP contribution in [0.1, 0.15) is 58.9 Å². The van der Waals surface area contributed by atoms with Gasteiger partial charge in [-0.1, -0.05) is 29.4 Å². The van der Waals surface area contributed by atoms with Gasteiger partial charge in [-0.05, 0) is 73.7 Å². The number of nitrogens with zero attached hydrogens (tertiary/aromatic N) is 2. The van der Waals surface area contributed by atoms with Gasteiger partial charge in [0.15, 0.2) is 5.78 Å². The van der Waals surface area contributed by atoms with E-state index in [0.717, 1.165) is 68.2 Å². The first-order chi connectivity index (χ1) is 15.4. The summed E-state index contributed by atoms with van der Waals surface area (Å²) in [4.78, 5) is 29.4. The smallest absolute Gasteiger partial charge is 0.331 e. The Hall–Kier alpha value is -3.73. The monoisotopic (exact) mass is 424 g/mol. The maximum Gasteiger partial charge on any atom is 0.331 e. The summed E-state index contributed by atoms with van der Waals surface area (Å²) in [6.07, 6.45) is 0.763. The van der Waals surface area contributed by atoms with Crippen LogP contribution in [0.25, 0.3) is 21.8 Å². The van der Waals surface area contributed by atoms with Crippen molar-refractivity contribution in [1.82, 2.24) is 4.57 Å². The molecule has 3 aromatic carbocycles. The topological polar surface area (TPSA) is 60.7 Å². The van der Waals surface area contributed by atoms with Gasteiger partial charge in [-0.15, -0.1) is 0 Å². The molecule has 0 saturated heterocycles. The highest BCUT2D eigenvalue weighted by Crippen LogP contribution is 2.36. The van der Waals surface area contributed by atoms with E-state index in [1.165, 1.54) is 6.92 Å². The molecule has 0 atom stereocenters. The van der Waals surface area contributed by atoms with Gasteiger partial charge in [-0.3, -0.25) is 4.79 Å². The molecular weight excluding hydrogens is 400 g/mol. The van der Waals surface area contributed by atoms with Crippen molar-refractivity contribution in [2.24, 2.45) is 5.16 Å². The minimum Gasteiger partial charge on any atom is -0.341 e. The molecule has 0 bridgehead atoms.